The Hall–Kier alpha value is -0.620. The maximum Gasteiger partial charge on any atom is 0.306 e. The zero-order chi connectivity index (χ0) is 12.5. The van der Waals surface area contributed by atoms with Gasteiger partial charge in [0.05, 0.1) is 11.7 Å². The number of aliphatic carboxylic acids is 1. The number of carbonyl (C=O) groups is 1. The van der Waals surface area contributed by atoms with Gasteiger partial charge in [0.15, 0.2) is 0 Å². The Bertz CT molecular complexity index is 392. The molecule has 2 unspecified atom stereocenters. The van der Waals surface area contributed by atoms with E-state index >= 15 is 0 Å². The lowest BCUT2D eigenvalue weighted by molar-refractivity contribution is -0.145. The average molecular weight is 261 g/mol. The summed E-state index contributed by atoms with van der Waals surface area (Å²) in [5.74, 6) is -0.919. The first kappa shape index (κ1) is 12.8. The minimum absolute atomic E-state index is 0.00544. The normalized spacial score (nSPS) is 33.6. The maximum absolute atomic E-state index is 11.7. The third-order valence-corrected chi connectivity index (χ3v) is 5.79. The van der Waals surface area contributed by atoms with Crippen molar-refractivity contribution in [2.75, 3.05) is 18.8 Å². The highest BCUT2D eigenvalue weighted by atomic mass is 32.2. The van der Waals surface area contributed by atoms with Crippen molar-refractivity contribution in [3.05, 3.63) is 0 Å². The van der Waals surface area contributed by atoms with Gasteiger partial charge in [0, 0.05) is 13.1 Å². The standard InChI is InChI=1S/C11H19NO4S/c13-11(14)10-5-2-1-4-9(10)8-12-6-3-7-17(12,15)16/h9-10H,1-8H2,(H,13,14). The van der Waals surface area contributed by atoms with Crippen LogP contribution in [0, 0.1) is 11.8 Å². The number of nitrogens with zero attached hydrogens (tertiary/aromatic N) is 1. The summed E-state index contributed by atoms with van der Waals surface area (Å²) in [7, 11) is -3.10. The van der Waals surface area contributed by atoms with Gasteiger partial charge in [-0.25, -0.2) is 12.7 Å². The van der Waals surface area contributed by atoms with Crippen molar-refractivity contribution in [3.8, 4) is 0 Å². The van der Waals surface area contributed by atoms with Gasteiger partial charge in [-0.15, -0.1) is 0 Å². The van der Waals surface area contributed by atoms with Gasteiger partial charge in [0.25, 0.3) is 0 Å². The summed E-state index contributed by atoms with van der Waals surface area (Å²) in [5.41, 5.74) is 0. The molecule has 0 spiro atoms. The summed E-state index contributed by atoms with van der Waals surface area (Å²) in [4.78, 5) is 11.1. The summed E-state index contributed by atoms with van der Waals surface area (Å²) in [6.07, 6.45) is 4.16. The molecular formula is C11H19NO4S. The Balaban J connectivity index is 2.03. The first-order valence-corrected chi connectivity index (χ1v) is 7.82. The molecule has 1 saturated carbocycles. The van der Waals surface area contributed by atoms with E-state index in [0.29, 0.717) is 25.9 Å². The molecule has 98 valence electrons. The summed E-state index contributed by atoms with van der Waals surface area (Å²) in [6.45, 7) is 0.963. The predicted octanol–water partition coefficient (Wildman–Crippen LogP) is 0.913. The van der Waals surface area contributed by atoms with Crippen LogP contribution in [0.4, 0.5) is 0 Å². The molecule has 1 heterocycles. The third kappa shape index (κ3) is 2.80. The van der Waals surface area contributed by atoms with Crippen LogP contribution < -0.4 is 0 Å². The van der Waals surface area contributed by atoms with Crippen LogP contribution >= 0.6 is 0 Å². The smallest absolute Gasteiger partial charge is 0.306 e. The fourth-order valence-electron chi connectivity index (χ4n) is 2.91. The van der Waals surface area contributed by atoms with Gasteiger partial charge in [-0.3, -0.25) is 4.79 Å². The average Bonchev–Trinajstić information content (AvgIpc) is 2.59. The van der Waals surface area contributed by atoms with E-state index < -0.39 is 16.0 Å². The molecule has 1 aliphatic heterocycles. The molecule has 2 aliphatic rings. The van der Waals surface area contributed by atoms with Crippen molar-refractivity contribution in [1.29, 1.82) is 0 Å². The van der Waals surface area contributed by atoms with Crippen LogP contribution in [-0.2, 0) is 14.8 Å². The van der Waals surface area contributed by atoms with Crippen molar-refractivity contribution >= 4 is 16.0 Å². The molecule has 2 fully saturated rings. The zero-order valence-corrected chi connectivity index (χ0v) is 10.7. The maximum atomic E-state index is 11.7. The van der Waals surface area contributed by atoms with Gasteiger partial charge in [-0.2, -0.15) is 0 Å². The summed E-state index contributed by atoms with van der Waals surface area (Å²) in [5, 5.41) is 9.14. The zero-order valence-electron chi connectivity index (χ0n) is 9.84. The Morgan fingerprint density at radius 2 is 1.94 bits per heavy atom. The van der Waals surface area contributed by atoms with Crippen molar-refractivity contribution in [3.63, 3.8) is 0 Å². The van der Waals surface area contributed by atoms with Crippen molar-refractivity contribution in [2.45, 2.75) is 32.1 Å². The molecule has 2 rings (SSSR count). The number of rotatable bonds is 3. The molecule has 2 atom stereocenters. The Morgan fingerprint density at radius 3 is 2.53 bits per heavy atom. The van der Waals surface area contributed by atoms with Crippen LogP contribution in [0.5, 0.6) is 0 Å². The van der Waals surface area contributed by atoms with Crippen molar-refractivity contribution < 1.29 is 18.3 Å². The van der Waals surface area contributed by atoms with E-state index in [2.05, 4.69) is 0 Å². The first-order valence-electron chi connectivity index (χ1n) is 6.21. The van der Waals surface area contributed by atoms with E-state index in [4.69, 9.17) is 5.11 Å². The van der Waals surface area contributed by atoms with Crippen LogP contribution in [0.25, 0.3) is 0 Å². The lowest BCUT2D eigenvalue weighted by Gasteiger charge is -2.31. The van der Waals surface area contributed by atoms with E-state index in [1.165, 1.54) is 4.31 Å². The van der Waals surface area contributed by atoms with Crippen LogP contribution in [0.15, 0.2) is 0 Å². The molecule has 0 radical (unpaired) electrons. The van der Waals surface area contributed by atoms with E-state index in [1.807, 2.05) is 0 Å². The monoisotopic (exact) mass is 261 g/mol. The number of hydrogen-bond acceptors (Lipinski definition) is 3. The van der Waals surface area contributed by atoms with Crippen molar-refractivity contribution in [2.24, 2.45) is 11.8 Å². The highest BCUT2D eigenvalue weighted by Crippen LogP contribution is 2.32. The number of carboxylic acid groups (broad SMARTS) is 1. The number of hydrogen-bond donors (Lipinski definition) is 1. The molecule has 1 aliphatic carbocycles. The lowest BCUT2D eigenvalue weighted by Crippen LogP contribution is -2.38. The van der Waals surface area contributed by atoms with Gasteiger partial charge in [0.1, 0.15) is 0 Å². The van der Waals surface area contributed by atoms with Crippen LogP contribution in [-0.4, -0.2) is 42.6 Å². The van der Waals surface area contributed by atoms with E-state index in [0.717, 1.165) is 19.3 Å². The Morgan fingerprint density at radius 1 is 1.24 bits per heavy atom. The SMILES string of the molecule is O=C(O)C1CCCCC1CN1CCCS1(=O)=O. The lowest BCUT2D eigenvalue weighted by atomic mass is 9.79. The Kier molecular flexibility index (Phi) is 3.73. The summed E-state index contributed by atoms with van der Waals surface area (Å²) in [6, 6.07) is 0. The molecule has 17 heavy (non-hydrogen) atoms. The van der Waals surface area contributed by atoms with Crippen LogP contribution in [0.1, 0.15) is 32.1 Å². The number of carboxylic acids is 1. The quantitative estimate of drug-likeness (QED) is 0.819. The van der Waals surface area contributed by atoms with E-state index in [1.54, 1.807) is 0 Å². The van der Waals surface area contributed by atoms with E-state index in [9.17, 15) is 13.2 Å². The van der Waals surface area contributed by atoms with Crippen LogP contribution in [0.3, 0.4) is 0 Å². The van der Waals surface area contributed by atoms with E-state index in [-0.39, 0.29) is 17.6 Å². The molecule has 0 aromatic heterocycles. The fraction of sp³-hybridized carbons (Fsp3) is 0.909. The Labute approximate surface area is 102 Å². The third-order valence-electron chi connectivity index (χ3n) is 3.87. The van der Waals surface area contributed by atoms with Gasteiger partial charge in [-0.05, 0) is 25.2 Å². The highest BCUT2D eigenvalue weighted by molar-refractivity contribution is 7.89. The predicted molar refractivity (Wildman–Crippen MR) is 63.1 cm³/mol. The molecule has 0 aromatic rings. The first-order chi connectivity index (χ1) is 8.00. The molecule has 6 heteroatoms. The van der Waals surface area contributed by atoms with Gasteiger partial charge in [-0.1, -0.05) is 12.8 Å². The summed E-state index contributed by atoms with van der Waals surface area (Å²) < 4.78 is 24.9. The second kappa shape index (κ2) is 4.94. The largest absolute Gasteiger partial charge is 0.481 e. The second-order valence-corrected chi connectivity index (χ2v) is 7.11. The van der Waals surface area contributed by atoms with Gasteiger partial charge in [0.2, 0.25) is 10.0 Å². The van der Waals surface area contributed by atoms with Crippen LogP contribution in [0.2, 0.25) is 0 Å². The minimum atomic E-state index is -3.10. The van der Waals surface area contributed by atoms with Gasteiger partial charge >= 0.3 is 5.97 Å². The fourth-order valence-corrected chi connectivity index (χ4v) is 4.49. The topological polar surface area (TPSA) is 74.7 Å². The summed E-state index contributed by atoms with van der Waals surface area (Å²) >= 11 is 0. The number of sulfonamides is 1. The molecule has 1 N–H and O–H groups in total. The molecule has 0 aromatic carbocycles. The minimum Gasteiger partial charge on any atom is -0.481 e. The molecule has 5 nitrogen and oxygen atoms in total. The molecule has 0 amide bonds. The van der Waals surface area contributed by atoms with Gasteiger partial charge < -0.3 is 5.11 Å². The molecule has 0 bridgehead atoms. The second-order valence-electron chi connectivity index (χ2n) is 5.02. The molecule has 1 saturated heterocycles. The van der Waals surface area contributed by atoms with Crippen molar-refractivity contribution in [1.82, 2.24) is 4.31 Å². The molecular weight excluding hydrogens is 242 g/mol. The highest BCUT2D eigenvalue weighted by Gasteiger charge is 2.36.